The Morgan fingerprint density at radius 2 is 1.80 bits per heavy atom. The summed E-state index contributed by atoms with van der Waals surface area (Å²) in [6, 6.07) is 11.9. The lowest BCUT2D eigenvalue weighted by Crippen LogP contribution is -2.34. The van der Waals surface area contributed by atoms with Crippen LogP contribution in [0.15, 0.2) is 60.2 Å². The Morgan fingerprint density at radius 3 is 2.55 bits per heavy atom. The molecule has 0 aliphatic carbocycles. The van der Waals surface area contributed by atoms with Crippen LogP contribution in [0.2, 0.25) is 5.02 Å². The number of imide groups is 1. The van der Waals surface area contributed by atoms with Crippen LogP contribution in [-0.4, -0.2) is 53.3 Å². The Kier molecular flexibility index (Phi) is 15.0. The highest BCUT2D eigenvalue weighted by atomic mass is 35.5. The van der Waals surface area contributed by atoms with Crippen molar-refractivity contribution in [2.24, 2.45) is 0 Å². The maximum atomic E-state index is 13.0. The van der Waals surface area contributed by atoms with Gasteiger partial charge < -0.3 is 24.4 Å². The van der Waals surface area contributed by atoms with E-state index in [0.717, 1.165) is 48.3 Å². The van der Waals surface area contributed by atoms with Gasteiger partial charge in [-0.3, -0.25) is 29.5 Å². The molecule has 0 radical (unpaired) electrons. The number of hydrogen-bond acceptors (Lipinski definition) is 9. The van der Waals surface area contributed by atoms with Gasteiger partial charge in [-0.05, 0) is 81.0 Å². The molecule has 0 fully saturated rings. The van der Waals surface area contributed by atoms with Crippen molar-refractivity contribution >= 4 is 52.8 Å². The molecule has 1 unspecified atom stereocenters. The SMILES string of the molecule is Cc1cncc(Cl)c1NC(=O)c1ccc(OC(F)F)c(OCCCCCCCc2ccc(OCc3scc4c3CN(C(C)CCC(=O)NC=O)C4=O)cc2)c1. The van der Waals surface area contributed by atoms with E-state index in [9.17, 15) is 28.0 Å². The third-order valence-corrected chi connectivity index (χ3v) is 10.5. The lowest BCUT2D eigenvalue weighted by molar-refractivity contribution is -0.125. The number of amides is 4. The second kappa shape index (κ2) is 20.0. The average molecular weight is 797 g/mol. The van der Waals surface area contributed by atoms with Crippen molar-refractivity contribution in [1.29, 1.82) is 0 Å². The monoisotopic (exact) mass is 796 g/mol. The lowest BCUT2D eigenvalue weighted by Gasteiger charge is -2.24. The molecule has 11 nitrogen and oxygen atoms in total. The largest absolute Gasteiger partial charge is 0.490 e. The topological polar surface area (TPSA) is 136 Å². The molecule has 4 aromatic rings. The molecule has 55 heavy (non-hydrogen) atoms. The van der Waals surface area contributed by atoms with Crippen LogP contribution in [0.25, 0.3) is 0 Å². The molecule has 15 heteroatoms. The third kappa shape index (κ3) is 11.5. The van der Waals surface area contributed by atoms with E-state index >= 15 is 0 Å². The number of thiophene rings is 1. The number of alkyl halides is 2. The molecule has 0 saturated carbocycles. The molecular formula is C40H43ClF2N4O7S. The molecule has 0 spiro atoms. The van der Waals surface area contributed by atoms with Crippen LogP contribution in [0.5, 0.6) is 17.2 Å². The predicted molar refractivity (Wildman–Crippen MR) is 205 cm³/mol. The molecule has 1 aliphatic rings. The van der Waals surface area contributed by atoms with Crippen molar-refractivity contribution in [2.75, 3.05) is 11.9 Å². The van der Waals surface area contributed by atoms with Crippen LogP contribution >= 0.6 is 22.9 Å². The summed E-state index contributed by atoms with van der Waals surface area (Å²) in [5, 5.41) is 7.01. The van der Waals surface area contributed by atoms with E-state index in [1.54, 1.807) is 18.0 Å². The van der Waals surface area contributed by atoms with Crippen molar-refractivity contribution in [2.45, 2.75) is 91.0 Å². The molecule has 0 saturated heterocycles. The number of anilines is 1. The standard InChI is InChI=1S/C40H43ClF2N4O7S/c1-25-19-44-20-32(41)37(25)46-38(50)28-12-15-33(54-40(42)43)34(18-28)52-17-7-5-3-4-6-8-27-10-13-29(14-11-27)53-22-35-30-21-47(39(51)31(30)23-55-35)26(2)9-16-36(49)45-24-48/h10-15,18-20,23-24,26,40H,3-9,16-17,21-22H2,1-2H3,(H,44,46,50)(H,45,48,49). The minimum Gasteiger partial charge on any atom is -0.490 e. The number of pyridine rings is 1. The average Bonchev–Trinajstić information content (AvgIpc) is 3.72. The zero-order valence-corrected chi connectivity index (χ0v) is 32.2. The number of rotatable bonds is 21. The highest BCUT2D eigenvalue weighted by molar-refractivity contribution is 7.10. The fraction of sp³-hybridized carbons (Fsp3) is 0.375. The molecule has 4 amide bonds. The predicted octanol–water partition coefficient (Wildman–Crippen LogP) is 8.51. The van der Waals surface area contributed by atoms with E-state index in [1.165, 1.54) is 41.3 Å². The number of carbonyl (C=O) groups excluding carboxylic acids is 4. The van der Waals surface area contributed by atoms with Crippen molar-refractivity contribution in [3.8, 4) is 17.2 Å². The Labute approximate surface area is 327 Å². The molecule has 2 aromatic heterocycles. The van der Waals surface area contributed by atoms with Gasteiger partial charge in [0.1, 0.15) is 12.4 Å². The Bertz CT molecular complexity index is 1940. The van der Waals surface area contributed by atoms with Crippen molar-refractivity contribution in [3.63, 3.8) is 0 Å². The summed E-state index contributed by atoms with van der Waals surface area (Å²) in [6.45, 7) is 1.70. The van der Waals surface area contributed by atoms with E-state index in [0.29, 0.717) is 49.2 Å². The van der Waals surface area contributed by atoms with Crippen LogP contribution in [-0.2, 0) is 29.2 Å². The van der Waals surface area contributed by atoms with E-state index in [2.05, 4.69) is 32.5 Å². The van der Waals surface area contributed by atoms with E-state index < -0.39 is 12.5 Å². The smallest absolute Gasteiger partial charge is 0.387 e. The van der Waals surface area contributed by atoms with Gasteiger partial charge in [-0.1, -0.05) is 43.0 Å². The molecule has 292 valence electrons. The summed E-state index contributed by atoms with van der Waals surface area (Å²) < 4.78 is 42.6. The van der Waals surface area contributed by atoms with Crippen molar-refractivity contribution in [3.05, 3.63) is 98.0 Å². The zero-order valence-electron chi connectivity index (χ0n) is 30.6. The fourth-order valence-electron chi connectivity index (χ4n) is 6.16. The normalized spacial score (nSPS) is 12.7. The quantitative estimate of drug-likeness (QED) is 0.0633. The number of aromatic nitrogens is 1. The van der Waals surface area contributed by atoms with Crippen LogP contribution in [0.1, 0.15) is 94.2 Å². The van der Waals surface area contributed by atoms with Gasteiger partial charge in [-0.15, -0.1) is 11.3 Å². The number of ether oxygens (including phenoxy) is 3. The first kappa shape index (κ1) is 41.1. The molecule has 5 rings (SSSR count). The second-order valence-electron chi connectivity index (χ2n) is 13.2. The number of benzene rings is 2. The van der Waals surface area contributed by atoms with Crippen LogP contribution in [0.3, 0.4) is 0 Å². The summed E-state index contributed by atoms with van der Waals surface area (Å²) in [5.41, 5.74) is 4.12. The highest BCUT2D eigenvalue weighted by Gasteiger charge is 2.34. The van der Waals surface area contributed by atoms with Gasteiger partial charge >= 0.3 is 6.61 Å². The minimum absolute atomic E-state index is 0.0530. The lowest BCUT2D eigenvalue weighted by atomic mass is 10.1. The van der Waals surface area contributed by atoms with E-state index in [1.807, 2.05) is 24.4 Å². The molecule has 2 N–H and O–H groups in total. The second-order valence-corrected chi connectivity index (χ2v) is 14.5. The first-order valence-corrected chi connectivity index (χ1v) is 19.3. The summed E-state index contributed by atoms with van der Waals surface area (Å²) in [4.78, 5) is 54.8. The number of nitrogens with one attached hydrogen (secondary N) is 2. The minimum atomic E-state index is -3.04. The number of hydrogen-bond donors (Lipinski definition) is 2. The van der Waals surface area contributed by atoms with Crippen LogP contribution < -0.4 is 24.8 Å². The molecule has 3 heterocycles. The fourth-order valence-corrected chi connectivity index (χ4v) is 7.36. The number of fused-ring (bicyclic) bond motifs is 1. The Morgan fingerprint density at radius 1 is 1.04 bits per heavy atom. The number of aryl methyl sites for hydroxylation is 2. The number of unbranched alkanes of at least 4 members (excludes halogenated alkanes) is 4. The molecule has 0 bridgehead atoms. The van der Waals surface area contributed by atoms with Gasteiger partial charge in [0.15, 0.2) is 11.5 Å². The summed E-state index contributed by atoms with van der Waals surface area (Å²) in [5.74, 6) is -0.252. The zero-order chi connectivity index (χ0) is 39.3. The van der Waals surface area contributed by atoms with Crippen LogP contribution in [0.4, 0.5) is 14.5 Å². The molecule has 2 aromatic carbocycles. The molecular weight excluding hydrogens is 754 g/mol. The Balaban J connectivity index is 1.00. The maximum Gasteiger partial charge on any atom is 0.387 e. The molecule has 1 atom stereocenters. The van der Waals surface area contributed by atoms with E-state index in [-0.39, 0.29) is 53.0 Å². The van der Waals surface area contributed by atoms with Crippen molar-refractivity contribution < 1.29 is 42.2 Å². The number of nitrogens with zero attached hydrogens (tertiary/aromatic N) is 2. The maximum absolute atomic E-state index is 13.0. The highest BCUT2D eigenvalue weighted by Crippen LogP contribution is 2.34. The Hall–Kier alpha value is -5.08. The van der Waals surface area contributed by atoms with Gasteiger partial charge in [0.25, 0.3) is 11.8 Å². The molecule has 1 aliphatic heterocycles. The van der Waals surface area contributed by atoms with Crippen molar-refractivity contribution in [1.82, 2.24) is 15.2 Å². The first-order chi connectivity index (χ1) is 26.5. The van der Waals surface area contributed by atoms with Gasteiger partial charge in [0.2, 0.25) is 12.3 Å². The van der Waals surface area contributed by atoms with Crippen LogP contribution in [0, 0.1) is 6.92 Å². The van der Waals surface area contributed by atoms with Gasteiger partial charge in [-0.2, -0.15) is 8.78 Å². The third-order valence-electron chi connectivity index (χ3n) is 9.25. The summed E-state index contributed by atoms with van der Waals surface area (Å²) in [7, 11) is 0. The summed E-state index contributed by atoms with van der Waals surface area (Å²) in [6.07, 6.45) is 9.44. The summed E-state index contributed by atoms with van der Waals surface area (Å²) >= 11 is 7.68. The van der Waals surface area contributed by atoms with E-state index in [4.69, 9.17) is 21.1 Å². The van der Waals surface area contributed by atoms with Gasteiger partial charge in [0.05, 0.1) is 22.9 Å². The van der Waals surface area contributed by atoms with Gasteiger partial charge in [-0.25, -0.2) is 0 Å². The first-order valence-electron chi connectivity index (χ1n) is 18.0. The van der Waals surface area contributed by atoms with Gasteiger partial charge in [0, 0.05) is 52.8 Å². The number of halogens is 3. The number of carbonyl (C=O) groups is 4.